The van der Waals surface area contributed by atoms with E-state index >= 15 is 0 Å². The van der Waals surface area contributed by atoms with Crippen molar-refractivity contribution in [2.24, 2.45) is 11.8 Å². The SMILES string of the molecule is C[C@@H](O)[C@H]1C(=O)N2C(C(=O)O)=C(CN3c4cccc5cc(C[N+]67CC[N+](C#CCO)(CC6)CC7)cc(c45)S3(=O)=O)[C@H](C)[C@H]12. The second-order valence-electron chi connectivity index (χ2n) is 12.8. The van der Waals surface area contributed by atoms with Crippen molar-refractivity contribution < 1.29 is 42.3 Å². The molecule has 3 N–H and O–H groups in total. The highest BCUT2D eigenvalue weighted by molar-refractivity contribution is 7.93. The number of carbonyl (C=O) groups excluding carboxylic acids is 1. The fourth-order valence-electron chi connectivity index (χ4n) is 8.23. The number of piperazine rings is 3. The Kier molecular flexibility index (Phi) is 6.26. The number of benzene rings is 2. The van der Waals surface area contributed by atoms with E-state index in [-0.39, 0.29) is 23.7 Å². The first-order valence-corrected chi connectivity index (χ1v) is 16.2. The van der Waals surface area contributed by atoms with Gasteiger partial charge in [0.15, 0.2) is 0 Å². The van der Waals surface area contributed by atoms with Crippen LogP contribution in [0.5, 0.6) is 0 Å². The van der Waals surface area contributed by atoms with Crippen molar-refractivity contribution in [1.82, 2.24) is 4.90 Å². The Morgan fingerprint density at radius 1 is 1.14 bits per heavy atom. The number of hydrogen-bond donors (Lipinski definition) is 3. The van der Waals surface area contributed by atoms with Gasteiger partial charge >= 0.3 is 5.97 Å². The Bertz CT molecular complexity index is 1770. The lowest BCUT2D eigenvalue weighted by Crippen LogP contribution is -2.72. The summed E-state index contributed by atoms with van der Waals surface area (Å²) in [6.07, 6.45) is -0.937. The molecule has 2 aromatic carbocycles. The molecule has 8 rings (SSSR count). The highest BCUT2D eigenvalue weighted by atomic mass is 32.2. The van der Waals surface area contributed by atoms with Crippen LogP contribution in [0.25, 0.3) is 10.8 Å². The summed E-state index contributed by atoms with van der Waals surface area (Å²) in [6.45, 7) is 9.20. The zero-order valence-electron chi connectivity index (χ0n) is 24.2. The van der Waals surface area contributed by atoms with E-state index in [0.717, 1.165) is 54.7 Å². The number of aliphatic hydroxyl groups is 2. The molecule has 0 aliphatic carbocycles. The minimum Gasteiger partial charge on any atom is -0.477 e. The number of nitrogens with zero attached hydrogens (tertiary/aromatic N) is 4. The number of anilines is 1. The maximum Gasteiger partial charge on any atom is 0.352 e. The zero-order valence-corrected chi connectivity index (χ0v) is 25.0. The number of sulfonamides is 1. The lowest BCUT2D eigenvalue weighted by atomic mass is 9.78. The van der Waals surface area contributed by atoms with Crippen LogP contribution in [0.1, 0.15) is 19.4 Å². The van der Waals surface area contributed by atoms with Crippen LogP contribution in [0.15, 0.2) is 46.5 Å². The zero-order chi connectivity index (χ0) is 30.5. The van der Waals surface area contributed by atoms with Crippen LogP contribution in [-0.4, -0.2) is 114 Å². The summed E-state index contributed by atoms with van der Waals surface area (Å²) in [6, 6.07) is 12.1. The summed E-state index contributed by atoms with van der Waals surface area (Å²) >= 11 is 0. The molecule has 4 fully saturated rings. The minimum atomic E-state index is -4.02. The average molecular weight is 609 g/mol. The van der Waals surface area contributed by atoms with Gasteiger partial charge in [0.25, 0.3) is 10.0 Å². The van der Waals surface area contributed by atoms with E-state index in [0.29, 0.717) is 27.7 Å². The van der Waals surface area contributed by atoms with Crippen molar-refractivity contribution in [3.63, 3.8) is 0 Å². The summed E-state index contributed by atoms with van der Waals surface area (Å²) in [5.41, 5.74) is 1.64. The van der Waals surface area contributed by atoms with Crippen molar-refractivity contribution in [2.75, 3.05) is 56.7 Å². The predicted molar refractivity (Wildman–Crippen MR) is 156 cm³/mol. The summed E-state index contributed by atoms with van der Waals surface area (Å²) < 4.78 is 31.2. The molecule has 0 spiro atoms. The van der Waals surface area contributed by atoms with Crippen LogP contribution < -0.4 is 4.31 Å². The van der Waals surface area contributed by atoms with Crippen molar-refractivity contribution in [3.8, 4) is 12.0 Å². The number of carboxylic acids is 1. The number of hydrogen-bond acceptors (Lipinski definition) is 6. The van der Waals surface area contributed by atoms with Crippen molar-refractivity contribution in [1.29, 1.82) is 0 Å². The van der Waals surface area contributed by atoms with E-state index < -0.39 is 45.9 Å². The fraction of sp³-hybridized carbons (Fsp3) is 0.484. The Hall–Kier alpha value is -3.47. The molecule has 226 valence electrons. The second-order valence-corrected chi connectivity index (χ2v) is 14.7. The first-order valence-electron chi connectivity index (χ1n) is 14.8. The van der Waals surface area contributed by atoms with Gasteiger partial charge in [-0.3, -0.25) is 9.10 Å². The average Bonchev–Trinajstić information content (AvgIpc) is 3.34. The second kappa shape index (κ2) is 9.51. The molecule has 11 nitrogen and oxygen atoms in total. The minimum absolute atomic E-state index is 0.138. The summed E-state index contributed by atoms with van der Waals surface area (Å²) in [5, 5.41) is 30.9. The van der Waals surface area contributed by atoms with Gasteiger partial charge in [0.2, 0.25) is 5.91 Å². The van der Waals surface area contributed by atoms with Gasteiger partial charge in [0, 0.05) is 16.9 Å². The number of quaternary nitrogens is 2. The van der Waals surface area contributed by atoms with Crippen LogP contribution in [-0.2, 0) is 26.2 Å². The monoisotopic (exact) mass is 608 g/mol. The van der Waals surface area contributed by atoms with E-state index in [1.165, 1.54) is 16.1 Å². The Morgan fingerprint density at radius 2 is 1.84 bits per heavy atom. The summed E-state index contributed by atoms with van der Waals surface area (Å²) in [4.78, 5) is 26.7. The number of carbonyl (C=O) groups is 2. The van der Waals surface area contributed by atoms with Gasteiger partial charge < -0.3 is 24.7 Å². The molecule has 6 aliphatic heterocycles. The smallest absolute Gasteiger partial charge is 0.352 e. The number of β-lactam (4-membered cyclic amide) rings is 1. The Morgan fingerprint density at radius 3 is 2.47 bits per heavy atom. The van der Waals surface area contributed by atoms with Gasteiger partial charge in [0.1, 0.15) is 64.2 Å². The molecular weight excluding hydrogens is 572 g/mol. The quantitative estimate of drug-likeness (QED) is 0.249. The molecule has 0 aromatic heterocycles. The number of amides is 1. The molecule has 0 unspecified atom stereocenters. The van der Waals surface area contributed by atoms with Crippen LogP contribution in [0.4, 0.5) is 5.69 Å². The number of carboxylic acid groups (broad SMARTS) is 1. The number of aliphatic carboxylic acids is 1. The highest BCUT2D eigenvalue weighted by Crippen LogP contribution is 2.50. The largest absolute Gasteiger partial charge is 0.477 e. The number of fused-ring (bicyclic) bond motifs is 4. The standard InChI is InChI=1S/C31H35N4O7S/c1-19-23(29(31(39)40)33-28(19)26(20(2)37)30(33)38)17-32-24-6-3-5-22-15-21(16-25(27(22)24)43(32,41)42)18-35-11-8-34(9-12-35,10-13-35)7-4-14-36/h3,5-6,15-16,19-20,26,28,36-37H,8-14,17-18H2,1-2H3/q+1/p+1/t19-,20+,26+,28+,34?,35?/m0/s1. The molecule has 6 aliphatic rings. The molecular formula is C31H36N4O7S+2. The van der Waals surface area contributed by atoms with E-state index in [1.807, 2.05) is 12.1 Å². The Labute approximate surface area is 250 Å². The molecule has 43 heavy (non-hydrogen) atoms. The van der Waals surface area contributed by atoms with Crippen molar-refractivity contribution >= 4 is 38.4 Å². The summed E-state index contributed by atoms with van der Waals surface area (Å²) in [7, 11) is -4.02. The van der Waals surface area contributed by atoms with Gasteiger partial charge in [-0.1, -0.05) is 19.1 Å². The molecule has 6 heterocycles. The van der Waals surface area contributed by atoms with E-state index in [9.17, 15) is 28.2 Å². The molecule has 1 amide bonds. The van der Waals surface area contributed by atoms with E-state index in [1.54, 1.807) is 19.1 Å². The van der Waals surface area contributed by atoms with E-state index in [4.69, 9.17) is 5.11 Å². The van der Waals surface area contributed by atoms with Crippen LogP contribution >= 0.6 is 0 Å². The van der Waals surface area contributed by atoms with Crippen LogP contribution in [0, 0.1) is 23.8 Å². The fourth-order valence-corrected chi connectivity index (χ4v) is 9.97. The third-order valence-electron chi connectivity index (χ3n) is 10.6. The summed E-state index contributed by atoms with van der Waals surface area (Å²) in [5.74, 6) is -0.0383. The van der Waals surface area contributed by atoms with Crippen LogP contribution in [0.2, 0.25) is 0 Å². The molecule has 4 atom stereocenters. The topological polar surface area (TPSA) is 135 Å². The maximum atomic E-state index is 14.2. The maximum absolute atomic E-state index is 14.2. The number of aliphatic hydroxyl groups excluding tert-OH is 2. The first kappa shape index (κ1) is 28.3. The van der Waals surface area contributed by atoms with Crippen LogP contribution in [0.3, 0.4) is 0 Å². The molecule has 0 saturated carbocycles. The predicted octanol–water partition coefficient (Wildman–Crippen LogP) is 0.659. The van der Waals surface area contributed by atoms with Gasteiger partial charge in [-0.2, -0.15) is 0 Å². The lowest BCUT2D eigenvalue weighted by Gasteiger charge is -2.52. The third kappa shape index (κ3) is 3.99. The first-order chi connectivity index (χ1) is 20.4. The Balaban J connectivity index is 1.22. The number of rotatable bonds is 6. The van der Waals surface area contributed by atoms with Gasteiger partial charge in [-0.05, 0) is 42.0 Å². The highest BCUT2D eigenvalue weighted by Gasteiger charge is 2.60. The molecule has 0 radical (unpaired) electrons. The van der Waals surface area contributed by atoms with Gasteiger partial charge in [-0.15, -0.1) is 0 Å². The van der Waals surface area contributed by atoms with Gasteiger partial charge in [0.05, 0.1) is 35.2 Å². The molecule has 2 aromatic rings. The van der Waals surface area contributed by atoms with Crippen molar-refractivity contribution in [3.05, 3.63) is 47.2 Å². The van der Waals surface area contributed by atoms with E-state index in [2.05, 4.69) is 18.0 Å². The molecule has 12 heteroatoms. The normalized spacial score (nSPS) is 32.5. The third-order valence-corrected chi connectivity index (χ3v) is 12.4. The molecule has 4 saturated heterocycles. The van der Waals surface area contributed by atoms with Gasteiger partial charge in [-0.25, -0.2) is 17.7 Å². The molecule has 2 bridgehead atoms. The van der Waals surface area contributed by atoms with Crippen molar-refractivity contribution in [2.45, 2.75) is 37.4 Å². The lowest BCUT2D eigenvalue weighted by molar-refractivity contribution is -1.06.